The van der Waals surface area contributed by atoms with Crippen LogP contribution in [0.4, 0.5) is 5.69 Å². The van der Waals surface area contributed by atoms with Crippen molar-refractivity contribution in [2.75, 3.05) is 45.3 Å². The molecule has 0 saturated carbocycles. The summed E-state index contributed by atoms with van der Waals surface area (Å²) in [5.41, 5.74) is 2.02. The smallest absolute Gasteiger partial charge is 0.271 e. The van der Waals surface area contributed by atoms with Crippen molar-refractivity contribution in [1.29, 1.82) is 0 Å². The number of rotatable bonds is 6. The SMILES string of the molecule is COc1ccc(-c2nn([C@H](C)C(=O)N3CCN(c4ccccc4)CC3)c(=O)cc2OC)cc1. The van der Waals surface area contributed by atoms with Crippen LogP contribution in [-0.2, 0) is 4.79 Å². The van der Waals surface area contributed by atoms with E-state index < -0.39 is 6.04 Å². The summed E-state index contributed by atoms with van der Waals surface area (Å²) in [5.74, 6) is 0.949. The molecule has 1 aliphatic rings. The lowest BCUT2D eigenvalue weighted by molar-refractivity contribution is -0.135. The highest BCUT2D eigenvalue weighted by Crippen LogP contribution is 2.28. The Balaban J connectivity index is 1.54. The Morgan fingerprint density at radius 2 is 1.61 bits per heavy atom. The number of hydrogen-bond acceptors (Lipinski definition) is 6. The molecule has 3 aromatic rings. The van der Waals surface area contributed by atoms with Crippen molar-refractivity contribution in [1.82, 2.24) is 14.7 Å². The molecule has 0 spiro atoms. The quantitative estimate of drug-likeness (QED) is 0.577. The molecule has 1 amide bonds. The molecule has 1 aromatic heterocycles. The van der Waals surface area contributed by atoms with Crippen LogP contribution in [-0.4, -0.2) is 61.0 Å². The van der Waals surface area contributed by atoms with Gasteiger partial charge in [-0.2, -0.15) is 5.10 Å². The number of aromatic nitrogens is 2. The molecule has 0 bridgehead atoms. The second-order valence-electron chi connectivity index (χ2n) is 7.90. The van der Waals surface area contributed by atoms with E-state index in [0.717, 1.165) is 24.3 Å². The van der Waals surface area contributed by atoms with Gasteiger partial charge in [-0.3, -0.25) is 9.59 Å². The fourth-order valence-electron chi connectivity index (χ4n) is 4.03. The zero-order valence-electron chi connectivity index (χ0n) is 19.1. The van der Waals surface area contributed by atoms with Gasteiger partial charge in [0.05, 0.1) is 14.2 Å². The monoisotopic (exact) mass is 448 g/mol. The number of nitrogens with zero attached hydrogens (tertiary/aromatic N) is 4. The minimum atomic E-state index is -0.733. The first-order valence-electron chi connectivity index (χ1n) is 10.9. The van der Waals surface area contributed by atoms with Crippen molar-refractivity contribution < 1.29 is 14.3 Å². The predicted octanol–water partition coefficient (Wildman–Crippen LogP) is 2.84. The first kappa shape index (κ1) is 22.4. The number of anilines is 1. The summed E-state index contributed by atoms with van der Waals surface area (Å²) in [4.78, 5) is 30.1. The lowest BCUT2D eigenvalue weighted by Gasteiger charge is -2.37. The van der Waals surface area contributed by atoms with E-state index in [-0.39, 0.29) is 11.5 Å². The van der Waals surface area contributed by atoms with Gasteiger partial charge in [0.25, 0.3) is 5.56 Å². The van der Waals surface area contributed by atoms with E-state index in [0.29, 0.717) is 30.3 Å². The zero-order valence-corrected chi connectivity index (χ0v) is 19.1. The van der Waals surface area contributed by atoms with E-state index in [9.17, 15) is 9.59 Å². The number of carbonyl (C=O) groups is 1. The van der Waals surface area contributed by atoms with Crippen LogP contribution in [0.15, 0.2) is 65.5 Å². The van der Waals surface area contributed by atoms with E-state index in [1.807, 2.05) is 42.5 Å². The number of ether oxygens (including phenoxy) is 2. The maximum Gasteiger partial charge on any atom is 0.271 e. The average Bonchev–Trinajstić information content (AvgIpc) is 2.88. The summed E-state index contributed by atoms with van der Waals surface area (Å²) in [5, 5.41) is 4.53. The topological polar surface area (TPSA) is 76.9 Å². The molecule has 0 N–H and O–H groups in total. The van der Waals surface area contributed by atoms with Gasteiger partial charge in [0.2, 0.25) is 5.91 Å². The molecule has 0 aliphatic carbocycles. The van der Waals surface area contributed by atoms with Crippen LogP contribution < -0.4 is 19.9 Å². The van der Waals surface area contributed by atoms with Crippen LogP contribution >= 0.6 is 0 Å². The van der Waals surface area contributed by atoms with Crippen molar-refractivity contribution in [2.24, 2.45) is 0 Å². The van der Waals surface area contributed by atoms with Crippen LogP contribution in [0.3, 0.4) is 0 Å². The van der Waals surface area contributed by atoms with E-state index in [4.69, 9.17) is 9.47 Å². The van der Waals surface area contributed by atoms with Gasteiger partial charge in [-0.15, -0.1) is 0 Å². The largest absolute Gasteiger partial charge is 0.497 e. The van der Waals surface area contributed by atoms with Crippen LogP contribution in [0.5, 0.6) is 11.5 Å². The molecular weight excluding hydrogens is 420 g/mol. The normalized spacial score (nSPS) is 14.6. The van der Waals surface area contributed by atoms with Crippen molar-refractivity contribution in [2.45, 2.75) is 13.0 Å². The van der Waals surface area contributed by atoms with Gasteiger partial charge in [-0.1, -0.05) is 18.2 Å². The van der Waals surface area contributed by atoms with Gasteiger partial charge in [0, 0.05) is 43.5 Å². The Hall–Kier alpha value is -3.81. The number of benzene rings is 2. The molecule has 0 unspecified atom stereocenters. The maximum absolute atomic E-state index is 13.2. The van der Waals surface area contributed by atoms with Gasteiger partial charge in [0.1, 0.15) is 17.5 Å². The second kappa shape index (κ2) is 9.77. The molecule has 4 rings (SSSR count). The van der Waals surface area contributed by atoms with Gasteiger partial charge in [-0.05, 0) is 43.3 Å². The number of para-hydroxylation sites is 1. The highest BCUT2D eigenvalue weighted by atomic mass is 16.5. The number of methoxy groups -OCH3 is 2. The third-order valence-corrected chi connectivity index (χ3v) is 5.94. The van der Waals surface area contributed by atoms with Gasteiger partial charge in [0.15, 0.2) is 5.75 Å². The number of amides is 1. The highest BCUT2D eigenvalue weighted by Gasteiger charge is 2.28. The third-order valence-electron chi connectivity index (χ3n) is 5.94. The Bertz CT molecular complexity index is 1150. The second-order valence-corrected chi connectivity index (χ2v) is 7.90. The standard InChI is InChI=1S/C25H28N4O4/c1-18(25(31)28-15-13-27(14-16-28)20-7-5-4-6-8-20)29-23(30)17-22(33-3)24(26-29)19-9-11-21(32-2)12-10-19/h4-12,17-18H,13-16H2,1-3H3/t18-/m1/s1. The lowest BCUT2D eigenvalue weighted by atomic mass is 10.1. The third kappa shape index (κ3) is 4.69. The molecule has 1 saturated heterocycles. The van der Waals surface area contributed by atoms with Crippen LogP contribution in [0.2, 0.25) is 0 Å². The summed E-state index contributed by atoms with van der Waals surface area (Å²) in [6.45, 7) is 4.38. The van der Waals surface area contributed by atoms with E-state index in [1.165, 1.54) is 17.9 Å². The molecular formula is C25H28N4O4. The van der Waals surface area contributed by atoms with Crippen molar-refractivity contribution >= 4 is 11.6 Å². The molecule has 2 aromatic carbocycles. The van der Waals surface area contributed by atoms with Crippen LogP contribution in [0, 0.1) is 0 Å². The molecule has 0 radical (unpaired) electrons. The van der Waals surface area contributed by atoms with Crippen molar-refractivity contribution in [3.63, 3.8) is 0 Å². The van der Waals surface area contributed by atoms with E-state index >= 15 is 0 Å². The average molecular weight is 449 g/mol. The molecule has 1 aliphatic heterocycles. The maximum atomic E-state index is 13.2. The molecule has 1 atom stereocenters. The summed E-state index contributed by atoms with van der Waals surface area (Å²) in [7, 11) is 3.09. The summed E-state index contributed by atoms with van der Waals surface area (Å²) in [6.07, 6.45) is 0. The van der Waals surface area contributed by atoms with E-state index in [1.54, 1.807) is 18.9 Å². The molecule has 1 fully saturated rings. The highest BCUT2D eigenvalue weighted by molar-refractivity contribution is 5.80. The zero-order chi connectivity index (χ0) is 23.4. The number of piperazine rings is 1. The fraction of sp³-hybridized carbons (Fsp3) is 0.320. The number of carbonyl (C=O) groups excluding carboxylic acids is 1. The van der Waals surface area contributed by atoms with E-state index in [2.05, 4.69) is 22.1 Å². The first-order valence-corrected chi connectivity index (χ1v) is 10.9. The minimum Gasteiger partial charge on any atom is -0.497 e. The Labute approximate surface area is 193 Å². The summed E-state index contributed by atoms with van der Waals surface area (Å²) >= 11 is 0. The molecule has 172 valence electrons. The lowest BCUT2D eigenvalue weighted by Crippen LogP contribution is -2.51. The molecule has 2 heterocycles. The van der Waals surface area contributed by atoms with Crippen LogP contribution in [0.1, 0.15) is 13.0 Å². The summed E-state index contributed by atoms with van der Waals surface area (Å²) in [6, 6.07) is 18.1. The molecule has 8 nitrogen and oxygen atoms in total. The predicted molar refractivity (Wildman–Crippen MR) is 127 cm³/mol. The fourth-order valence-corrected chi connectivity index (χ4v) is 4.03. The van der Waals surface area contributed by atoms with Crippen LogP contribution in [0.25, 0.3) is 11.3 Å². The van der Waals surface area contributed by atoms with Crippen molar-refractivity contribution in [3.8, 4) is 22.8 Å². The van der Waals surface area contributed by atoms with Gasteiger partial charge >= 0.3 is 0 Å². The summed E-state index contributed by atoms with van der Waals surface area (Å²) < 4.78 is 11.9. The first-order chi connectivity index (χ1) is 16.0. The number of hydrogen-bond donors (Lipinski definition) is 0. The Morgan fingerprint density at radius 1 is 0.939 bits per heavy atom. The van der Waals surface area contributed by atoms with Gasteiger partial charge < -0.3 is 19.3 Å². The van der Waals surface area contributed by atoms with Gasteiger partial charge in [-0.25, -0.2) is 4.68 Å². The minimum absolute atomic E-state index is 0.122. The molecule has 8 heteroatoms. The Morgan fingerprint density at radius 3 is 2.21 bits per heavy atom. The Kier molecular flexibility index (Phi) is 6.63. The van der Waals surface area contributed by atoms with Crippen molar-refractivity contribution in [3.05, 3.63) is 71.0 Å². The molecule has 33 heavy (non-hydrogen) atoms.